The lowest BCUT2D eigenvalue weighted by atomic mass is 9.59. The van der Waals surface area contributed by atoms with Gasteiger partial charge in [-0.1, -0.05) is 26.0 Å². The third-order valence-corrected chi connectivity index (χ3v) is 5.18. The zero-order valence-electron chi connectivity index (χ0n) is 9.48. The van der Waals surface area contributed by atoms with Gasteiger partial charge in [-0.25, -0.2) is 0 Å². The topological polar surface area (TPSA) is 3.24 Å². The summed E-state index contributed by atoms with van der Waals surface area (Å²) in [5.74, 6) is 3.84. The molecule has 1 unspecified atom stereocenters. The van der Waals surface area contributed by atoms with Crippen LogP contribution in [0.5, 0.6) is 0 Å². The molecular formula is C13H21N. The molecule has 1 heterocycles. The summed E-state index contributed by atoms with van der Waals surface area (Å²) >= 11 is 0. The van der Waals surface area contributed by atoms with Crippen LogP contribution < -0.4 is 0 Å². The van der Waals surface area contributed by atoms with Gasteiger partial charge in [-0.3, -0.25) is 4.90 Å². The Hall–Kier alpha value is -0.300. The van der Waals surface area contributed by atoms with E-state index in [0.717, 1.165) is 35.8 Å². The van der Waals surface area contributed by atoms with Gasteiger partial charge in [0.05, 0.1) is 0 Å². The van der Waals surface area contributed by atoms with Crippen LogP contribution >= 0.6 is 0 Å². The summed E-state index contributed by atoms with van der Waals surface area (Å²) in [5, 5.41) is 0. The minimum absolute atomic E-state index is 0.814. The second-order valence-corrected chi connectivity index (χ2v) is 5.40. The maximum atomic E-state index is 2.74. The van der Waals surface area contributed by atoms with E-state index >= 15 is 0 Å². The van der Waals surface area contributed by atoms with E-state index in [1.54, 1.807) is 0 Å². The zero-order chi connectivity index (χ0) is 9.87. The molecule has 0 radical (unpaired) electrons. The first-order chi connectivity index (χ1) is 6.75. The van der Waals surface area contributed by atoms with Crippen molar-refractivity contribution < 1.29 is 0 Å². The highest BCUT2D eigenvalue weighted by Gasteiger charge is 2.60. The monoisotopic (exact) mass is 191 g/mol. The first-order valence-corrected chi connectivity index (χ1v) is 6.18. The van der Waals surface area contributed by atoms with Gasteiger partial charge in [0.15, 0.2) is 0 Å². The van der Waals surface area contributed by atoms with Crippen LogP contribution in [0.4, 0.5) is 0 Å². The van der Waals surface area contributed by atoms with Crippen molar-refractivity contribution >= 4 is 0 Å². The summed E-state index contributed by atoms with van der Waals surface area (Å²) in [6, 6.07) is 1.71. The predicted molar refractivity (Wildman–Crippen MR) is 59.0 cm³/mol. The molecule has 0 aromatic heterocycles. The molecule has 1 heteroatoms. The predicted octanol–water partition coefficient (Wildman–Crippen LogP) is 2.54. The highest BCUT2D eigenvalue weighted by atomic mass is 15.2. The van der Waals surface area contributed by atoms with E-state index in [2.05, 4.69) is 37.8 Å². The SMILES string of the molecule is CCN1[C@H]2[C@H](C3CC=C[C@H]32)[C@H](C)[C@@H]1C. The Labute approximate surface area is 87.2 Å². The number of hydrogen-bond donors (Lipinski definition) is 0. The second kappa shape index (κ2) is 2.85. The fourth-order valence-corrected chi connectivity index (χ4v) is 4.37. The van der Waals surface area contributed by atoms with Crippen LogP contribution in [0.3, 0.4) is 0 Å². The largest absolute Gasteiger partial charge is 0.297 e. The fourth-order valence-electron chi connectivity index (χ4n) is 4.37. The van der Waals surface area contributed by atoms with Crippen LogP contribution in [-0.2, 0) is 0 Å². The molecule has 0 aromatic rings. The average Bonchev–Trinajstić information content (AvgIpc) is 2.63. The second-order valence-electron chi connectivity index (χ2n) is 5.40. The molecule has 1 saturated heterocycles. The summed E-state index contributed by atoms with van der Waals surface area (Å²) in [5.41, 5.74) is 0. The van der Waals surface area contributed by atoms with Crippen molar-refractivity contribution in [2.45, 2.75) is 39.3 Å². The molecule has 0 bridgehead atoms. The number of allylic oxidation sites excluding steroid dienone is 1. The normalized spacial score (nSPS) is 55.6. The third kappa shape index (κ3) is 0.850. The smallest absolute Gasteiger partial charge is 0.0198 e. The Kier molecular flexibility index (Phi) is 1.82. The standard InChI is InChI=1S/C13H21N/c1-4-14-9(3)8(2)12-10-6-5-7-11(10)13(12)14/h5,7-13H,4,6H2,1-3H3/t8-,9+,10?,11-,12+,13-/m1/s1. The lowest BCUT2D eigenvalue weighted by Gasteiger charge is -2.49. The van der Waals surface area contributed by atoms with E-state index in [1.165, 1.54) is 13.0 Å². The highest BCUT2D eigenvalue weighted by Crippen LogP contribution is 2.58. The van der Waals surface area contributed by atoms with Gasteiger partial charge in [-0.15, -0.1) is 0 Å². The number of nitrogens with zero attached hydrogens (tertiary/aromatic N) is 1. The van der Waals surface area contributed by atoms with Crippen molar-refractivity contribution in [2.75, 3.05) is 6.54 Å². The summed E-state index contributed by atoms with van der Waals surface area (Å²) in [6.45, 7) is 8.44. The molecular weight excluding hydrogens is 170 g/mol. The Balaban J connectivity index is 1.89. The molecule has 0 aromatic carbocycles. The van der Waals surface area contributed by atoms with E-state index in [0.29, 0.717) is 0 Å². The van der Waals surface area contributed by atoms with Crippen molar-refractivity contribution in [2.24, 2.45) is 23.7 Å². The molecule has 2 aliphatic carbocycles. The summed E-state index contributed by atoms with van der Waals surface area (Å²) in [6.07, 6.45) is 6.26. The van der Waals surface area contributed by atoms with Crippen molar-refractivity contribution in [3.05, 3.63) is 12.2 Å². The van der Waals surface area contributed by atoms with Gasteiger partial charge in [-0.2, -0.15) is 0 Å². The van der Waals surface area contributed by atoms with Gasteiger partial charge in [-0.05, 0) is 43.6 Å². The molecule has 78 valence electrons. The van der Waals surface area contributed by atoms with E-state index in [-0.39, 0.29) is 0 Å². The Bertz CT molecular complexity index is 270. The molecule has 6 atom stereocenters. The Morgan fingerprint density at radius 1 is 1.36 bits per heavy atom. The Morgan fingerprint density at radius 2 is 2.14 bits per heavy atom. The summed E-state index contributed by atoms with van der Waals surface area (Å²) in [7, 11) is 0. The van der Waals surface area contributed by atoms with Crippen molar-refractivity contribution in [1.29, 1.82) is 0 Å². The van der Waals surface area contributed by atoms with Crippen LogP contribution in [0.1, 0.15) is 27.2 Å². The molecule has 0 spiro atoms. The number of fused-ring (bicyclic) bond motifs is 4. The molecule has 1 nitrogen and oxygen atoms in total. The Morgan fingerprint density at radius 3 is 2.86 bits per heavy atom. The summed E-state index contributed by atoms with van der Waals surface area (Å²) < 4.78 is 0. The zero-order valence-corrected chi connectivity index (χ0v) is 9.48. The van der Waals surface area contributed by atoms with E-state index in [1.807, 2.05) is 0 Å². The summed E-state index contributed by atoms with van der Waals surface area (Å²) in [4.78, 5) is 2.74. The number of likely N-dealkylation sites (tertiary alicyclic amines) is 1. The van der Waals surface area contributed by atoms with Gasteiger partial charge < -0.3 is 0 Å². The molecule has 3 aliphatic rings. The van der Waals surface area contributed by atoms with E-state index in [4.69, 9.17) is 0 Å². The fraction of sp³-hybridized carbons (Fsp3) is 0.846. The van der Waals surface area contributed by atoms with Gasteiger partial charge in [0, 0.05) is 12.1 Å². The van der Waals surface area contributed by atoms with Crippen LogP contribution in [0.25, 0.3) is 0 Å². The first-order valence-electron chi connectivity index (χ1n) is 6.18. The highest BCUT2D eigenvalue weighted by molar-refractivity contribution is 5.21. The minimum Gasteiger partial charge on any atom is -0.297 e. The maximum absolute atomic E-state index is 2.74. The lowest BCUT2D eigenvalue weighted by molar-refractivity contribution is 0.0158. The van der Waals surface area contributed by atoms with E-state index < -0.39 is 0 Å². The van der Waals surface area contributed by atoms with Crippen molar-refractivity contribution in [3.8, 4) is 0 Å². The molecule has 0 amide bonds. The van der Waals surface area contributed by atoms with Crippen LogP contribution in [-0.4, -0.2) is 23.5 Å². The average molecular weight is 191 g/mol. The number of rotatable bonds is 1. The van der Waals surface area contributed by atoms with Gasteiger partial charge in [0.1, 0.15) is 0 Å². The lowest BCUT2D eigenvalue weighted by Crippen LogP contribution is -2.53. The van der Waals surface area contributed by atoms with Gasteiger partial charge >= 0.3 is 0 Å². The van der Waals surface area contributed by atoms with Gasteiger partial charge in [0.2, 0.25) is 0 Å². The van der Waals surface area contributed by atoms with Crippen LogP contribution in [0.15, 0.2) is 12.2 Å². The third-order valence-electron chi connectivity index (χ3n) is 5.18. The van der Waals surface area contributed by atoms with E-state index in [9.17, 15) is 0 Å². The molecule has 1 saturated carbocycles. The molecule has 3 rings (SSSR count). The van der Waals surface area contributed by atoms with Crippen molar-refractivity contribution in [3.63, 3.8) is 0 Å². The van der Waals surface area contributed by atoms with Crippen LogP contribution in [0, 0.1) is 23.7 Å². The van der Waals surface area contributed by atoms with Crippen LogP contribution in [0.2, 0.25) is 0 Å². The first kappa shape index (κ1) is 8.96. The molecule has 0 N–H and O–H groups in total. The minimum atomic E-state index is 0.814. The van der Waals surface area contributed by atoms with Gasteiger partial charge in [0.25, 0.3) is 0 Å². The number of hydrogen-bond acceptors (Lipinski definition) is 1. The molecule has 1 aliphatic heterocycles. The molecule has 14 heavy (non-hydrogen) atoms. The quantitative estimate of drug-likeness (QED) is 0.576. The molecule has 2 fully saturated rings. The maximum Gasteiger partial charge on any atom is 0.0198 e. The van der Waals surface area contributed by atoms with Crippen molar-refractivity contribution in [1.82, 2.24) is 4.90 Å².